The molecule has 7 nitrogen and oxygen atoms in total. The molecule has 0 unspecified atom stereocenters. The van der Waals surface area contributed by atoms with E-state index in [0.717, 1.165) is 26.5 Å². The Balaban J connectivity index is 1.69. The van der Waals surface area contributed by atoms with Crippen LogP contribution in [0.3, 0.4) is 0 Å². The van der Waals surface area contributed by atoms with Crippen molar-refractivity contribution in [3.63, 3.8) is 0 Å². The number of hydrogen-bond acceptors (Lipinski definition) is 4. The van der Waals surface area contributed by atoms with Gasteiger partial charge in [0.1, 0.15) is 0 Å². The van der Waals surface area contributed by atoms with Crippen molar-refractivity contribution >= 4 is 27.9 Å². The topological polar surface area (TPSA) is 73.8 Å². The van der Waals surface area contributed by atoms with E-state index < -0.39 is 5.69 Å². The maximum Gasteiger partial charge on any atom is 0.332 e. The Morgan fingerprint density at radius 2 is 1.56 bits per heavy atom. The van der Waals surface area contributed by atoms with Crippen LogP contribution in [0.25, 0.3) is 21.9 Å². The van der Waals surface area contributed by atoms with Crippen LogP contribution in [-0.4, -0.2) is 18.7 Å². The van der Waals surface area contributed by atoms with Gasteiger partial charge >= 0.3 is 5.69 Å². The summed E-state index contributed by atoms with van der Waals surface area (Å²) < 4.78 is 4.43. The third kappa shape index (κ3) is 3.28. The maximum absolute atomic E-state index is 13.1. The number of fused-ring (bicyclic) bond motifs is 2. The van der Waals surface area contributed by atoms with Crippen molar-refractivity contribution in [2.75, 3.05) is 5.32 Å². The van der Waals surface area contributed by atoms with E-state index in [1.165, 1.54) is 11.6 Å². The molecule has 0 radical (unpaired) electrons. The van der Waals surface area contributed by atoms with Crippen LogP contribution in [0.4, 0.5) is 5.95 Å². The lowest BCUT2D eigenvalue weighted by Gasteiger charge is -2.13. The molecule has 0 spiro atoms. The van der Waals surface area contributed by atoms with E-state index in [1.807, 2.05) is 53.1 Å². The van der Waals surface area contributed by atoms with Gasteiger partial charge in [-0.1, -0.05) is 72.8 Å². The molecule has 2 heterocycles. The molecule has 0 atom stereocenters. The number of nitrogens with one attached hydrogen (secondary N) is 1. The number of rotatable bonds is 5. The summed E-state index contributed by atoms with van der Waals surface area (Å²) >= 11 is 0. The average Bonchev–Trinajstić information content (AvgIpc) is 3.19. The highest BCUT2D eigenvalue weighted by Gasteiger charge is 2.19. The van der Waals surface area contributed by atoms with Crippen LogP contribution in [0.1, 0.15) is 11.1 Å². The third-order valence-corrected chi connectivity index (χ3v) is 5.85. The molecule has 0 aliphatic rings. The van der Waals surface area contributed by atoms with Crippen LogP contribution in [0.5, 0.6) is 0 Å². The number of aromatic nitrogens is 4. The van der Waals surface area contributed by atoms with Crippen LogP contribution in [0.15, 0.2) is 82.4 Å². The van der Waals surface area contributed by atoms with E-state index in [2.05, 4.69) is 34.6 Å². The second-order valence-corrected chi connectivity index (χ2v) is 7.88. The summed E-state index contributed by atoms with van der Waals surface area (Å²) in [6.45, 7) is 0.996. The molecule has 7 heteroatoms. The lowest BCUT2D eigenvalue weighted by Crippen LogP contribution is -2.37. The lowest BCUT2D eigenvalue weighted by molar-refractivity contribution is 0.702. The summed E-state index contributed by atoms with van der Waals surface area (Å²) in [7, 11) is 3.14. The third-order valence-electron chi connectivity index (χ3n) is 5.85. The SMILES string of the molecule is Cn1c(=O)c2c(nc(NCc3ccccc3)n2Cc2cccc3ccccc23)n(C)c1=O. The van der Waals surface area contributed by atoms with E-state index in [0.29, 0.717) is 30.2 Å². The number of anilines is 1. The van der Waals surface area contributed by atoms with Crippen LogP contribution in [0.2, 0.25) is 0 Å². The van der Waals surface area contributed by atoms with Gasteiger partial charge in [-0.05, 0) is 21.9 Å². The molecule has 160 valence electrons. The van der Waals surface area contributed by atoms with Gasteiger partial charge in [-0.25, -0.2) is 4.79 Å². The van der Waals surface area contributed by atoms with Gasteiger partial charge in [0, 0.05) is 20.6 Å². The summed E-state index contributed by atoms with van der Waals surface area (Å²) in [5, 5.41) is 5.62. The number of aryl methyl sites for hydroxylation is 1. The Hall–Kier alpha value is -4.13. The number of nitrogens with zero attached hydrogens (tertiary/aromatic N) is 4. The summed E-state index contributed by atoms with van der Waals surface area (Å²) in [5.41, 5.74) is 2.18. The fourth-order valence-electron chi connectivity index (χ4n) is 4.11. The van der Waals surface area contributed by atoms with E-state index >= 15 is 0 Å². The zero-order chi connectivity index (χ0) is 22.2. The number of benzene rings is 3. The molecule has 3 aromatic carbocycles. The summed E-state index contributed by atoms with van der Waals surface area (Å²) in [5.74, 6) is 0.551. The maximum atomic E-state index is 13.1. The quantitative estimate of drug-likeness (QED) is 0.469. The first-order valence-electron chi connectivity index (χ1n) is 10.5. The second-order valence-electron chi connectivity index (χ2n) is 7.88. The molecular weight excluding hydrogens is 402 g/mol. The molecule has 0 amide bonds. The highest BCUT2D eigenvalue weighted by molar-refractivity contribution is 5.86. The largest absolute Gasteiger partial charge is 0.351 e. The van der Waals surface area contributed by atoms with Crippen molar-refractivity contribution in [2.45, 2.75) is 13.1 Å². The molecular formula is C25H23N5O2. The van der Waals surface area contributed by atoms with Crippen molar-refractivity contribution in [2.24, 2.45) is 14.1 Å². The van der Waals surface area contributed by atoms with Crippen molar-refractivity contribution in [1.82, 2.24) is 18.7 Å². The smallest absolute Gasteiger partial charge is 0.332 e. The Morgan fingerprint density at radius 1 is 0.844 bits per heavy atom. The average molecular weight is 425 g/mol. The van der Waals surface area contributed by atoms with Crippen LogP contribution >= 0.6 is 0 Å². The predicted octanol–water partition coefficient (Wildman–Crippen LogP) is 3.25. The molecule has 32 heavy (non-hydrogen) atoms. The molecule has 2 aromatic heterocycles. The first kappa shape index (κ1) is 19.8. The predicted molar refractivity (Wildman–Crippen MR) is 127 cm³/mol. The minimum absolute atomic E-state index is 0.358. The molecule has 0 bridgehead atoms. The van der Waals surface area contributed by atoms with Crippen molar-refractivity contribution < 1.29 is 0 Å². The Labute approximate surface area is 184 Å². The monoisotopic (exact) mass is 425 g/mol. The molecule has 0 saturated carbocycles. The lowest BCUT2D eigenvalue weighted by atomic mass is 10.0. The van der Waals surface area contributed by atoms with Gasteiger partial charge in [0.2, 0.25) is 5.95 Å². The van der Waals surface area contributed by atoms with Crippen LogP contribution < -0.4 is 16.6 Å². The van der Waals surface area contributed by atoms with Gasteiger partial charge in [-0.3, -0.25) is 18.5 Å². The summed E-state index contributed by atoms with van der Waals surface area (Å²) in [6, 6.07) is 24.3. The van der Waals surface area contributed by atoms with E-state index in [4.69, 9.17) is 0 Å². The number of imidazole rings is 1. The molecule has 0 aliphatic heterocycles. The van der Waals surface area contributed by atoms with E-state index in [9.17, 15) is 9.59 Å². The van der Waals surface area contributed by atoms with E-state index in [1.54, 1.807) is 7.05 Å². The van der Waals surface area contributed by atoms with E-state index in [-0.39, 0.29) is 5.56 Å². The van der Waals surface area contributed by atoms with Crippen molar-refractivity contribution in [3.8, 4) is 0 Å². The van der Waals surface area contributed by atoms with Gasteiger partial charge in [-0.15, -0.1) is 0 Å². The molecule has 0 saturated heterocycles. The molecule has 5 rings (SSSR count). The summed E-state index contributed by atoms with van der Waals surface area (Å²) in [6.07, 6.45) is 0. The molecule has 0 fully saturated rings. The normalized spacial score (nSPS) is 11.3. The summed E-state index contributed by atoms with van der Waals surface area (Å²) in [4.78, 5) is 30.3. The number of hydrogen-bond donors (Lipinski definition) is 1. The fourth-order valence-corrected chi connectivity index (χ4v) is 4.11. The molecule has 0 aliphatic carbocycles. The standard InChI is InChI=1S/C25H23N5O2/c1-28-22-21(23(31)29(2)25(28)32)30(24(27-22)26-15-17-9-4-3-5-10-17)16-19-13-8-12-18-11-6-7-14-20(18)19/h3-14H,15-16H2,1-2H3,(H,26,27). The van der Waals surface area contributed by atoms with Crippen LogP contribution in [-0.2, 0) is 27.2 Å². The highest BCUT2D eigenvalue weighted by Crippen LogP contribution is 2.23. The highest BCUT2D eigenvalue weighted by atomic mass is 16.2. The first-order chi connectivity index (χ1) is 15.5. The Morgan fingerprint density at radius 3 is 2.38 bits per heavy atom. The molecule has 1 N–H and O–H groups in total. The minimum atomic E-state index is -0.396. The minimum Gasteiger partial charge on any atom is -0.351 e. The van der Waals surface area contributed by atoms with Gasteiger partial charge in [0.05, 0.1) is 6.54 Å². The van der Waals surface area contributed by atoms with Crippen LogP contribution in [0, 0.1) is 0 Å². The van der Waals surface area contributed by atoms with Gasteiger partial charge < -0.3 is 5.32 Å². The second kappa shape index (κ2) is 7.85. The zero-order valence-electron chi connectivity index (χ0n) is 17.9. The zero-order valence-corrected chi connectivity index (χ0v) is 17.9. The Bertz CT molecular complexity index is 1560. The van der Waals surface area contributed by atoms with Crippen molar-refractivity contribution in [3.05, 3.63) is 105 Å². The Kier molecular flexibility index (Phi) is 4.86. The fraction of sp³-hybridized carbons (Fsp3) is 0.160. The van der Waals surface area contributed by atoms with Gasteiger partial charge in [-0.2, -0.15) is 4.98 Å². The van der Waals surface area contributed by atoms with Gasteiger partial charge in [0.15, 0.2) is 11.2 Å². The molecule has 5 aromatic rings. The van der Waals surface area contributed by atoms with Gasteiger partial charge in [0.25, 0.3) is 5.56 Å². The first-order valence-corrected chi connectivity index (χ1v) is 10.5. The van der Waals surface area contributed by atoms with Crippen molar-refractivity contribution in [1.29, 1.82) is 0 Å².